The number of hydrogen-bond donors (Lipinski definition) is 1. The van der Waals surface area contributed by atoms with E-state index < -0.39 is 23.3 Å². The average Bonchev–Trinajstić information content (AvgIpc) is 2.69. The molecule has 0 saturated carbocycles. The molecule has 6 heteroatoms. The number of amides is 2. The highest BCUT2D eigenvalue weighted by Crippen LogP contribution is 2.26. The third-order valence-electron chi connectivity index (χ3n) is 4.86. The van der Waals surface area contributed by atoms with Gasteiger partial charge in [-0.1, -0.05) is 50.2 Å². The quantitative estimate of drug-likeness (QED) is 0.665. The minimum atomic E-state index is -0.796. The monoisotopic (exact) mass is 428 g/mol. The summed E-state index contributed by atoms with van der Waals surface area (Å²) in [6, 6.07) is 13.0. The molecular formula is C25H33FN2O3. The van der Waals surface area contributed by atoms with Crippen molar-refractivity contribution in [3.05, 3.63) is 65.5 Å². The molecule has 0 aliphatic heterocycles. The fourth-order valence-electron chi connectivity index (χ4n) is 3.18. The minimum Gasteiger partial charge on any atom is -0.483 e. The van der Waals surface area contributed by atoms with Crippen LogP contribution in [0.15, 0.2) is 48.5 Å². The molecule has 0 radical (unpaired) electrons. The third kappa shape index (κ3) is 7.09. The number of rotatable bonds is 8. The minimum absolute atomic E-state index is 0.0283. The molecule has 0 bridgehead atoms. The van der Waals surface area contributed by atoms with Crippen LogP contribution in [0.1, 0.15) is 58.6 Å². The summed E-state index contributed by atoms with van der Waals surface area (Å²) in [5.41, 5.74) is 0.883. The van der Waals surface area contributed by atoms with Crippen LogP contribution in [-0.2, 0) is 16.1 Å². The van der Waals surface area contributed by atoms with E-state index >= 15 is 0 Å². The van der Waals surface area contributed by atoms with E-state index in [1.165, 1.54) is 11.0 Å². The Morgan fingerprint density at radius 3 is 2.26 bits per heavy atom. The van der Waals surface area contributed by atoms with E-state index in [0.29, 0.717) is 11.3 Å². The van der Waals surface area contributed by atoms with Gasteiger partial charge in [-0.3, -0.25) is 9.59 Å². The highest BCUT2D eigenvalue weighted by Gasteiger charge is 2.29. The van der Waals surface area contributed by atoms with Crippen molar-refractivity contribution >= 4 is 11.8 Å². The van der Waals surface area contributed by atoms with Crippen molar-refractivity contribution in [3.8, 4) is 5.75 Å². The number of nitrogens with one attached hydrogen (secondary N) is 1. The van der Waals surface area contributed by atoms with E-state index in [-0.39, 0.29) is 25.0 Å². The Hall–Kier alpha value is -2.89. The van der Waals surface area contributed by atoms with E-state index in [4.69, 9.17) is 4.74 Å². The van der Waals surface area contributed by atoms with Gasteiger partial charge in [0.25, 0.3) is 5.91 Å². The highest BCUT2D eigenvalue weighted by atomic mass is 19.1. The predicted molar refractivity (Wildman–Crippen MR) is 120 cm³/mol. The Labute approximate surface area is 184 Å². The first kappa shape index (κ1) is 24.4. The Morgan fingerprint density at radius 2 is 1.65 bits per heavy atom. The van der Waals surface area contributed by atoms with Crippen molar-refractivity contribution in [1.82, 2.24) is 10.2 Å². The van der Waals surface area contributed by atoms with Crippen molar-refractivity contribution in [2.24, 2.45) is 0 Å². The molecule has 0 saturated heterocycles. The molecule has 0 aliphatic rings. The van der Waals surface area contributed by atoms with Crippen LogP contribution in [0.3, 0.4) is 0 Å². The lowest BCUT2D eigenvalue weighted by Gasteiger charge is -2.31. The van der Waals surface area contributed by atoms with Gasteiger partial charge in [-0.25, -0.2) is 4.39 Å². The lowest BCUT2D eigenvalue weighted by Crippen LogP contribution is -2.53. The fourth-order valence-corrected chi connectivity index (χ4v) is 3.18. The van der Waals surface area contributed by atoms with Gasteiger partial charge in [-0.2, -0.15) is 0 Å². The standard InChI is InChI=1S/C25H33FN2O3/c1-17(2)20-12-8-10-14-22(20)31-16-23(29)28(15-19-11-7-9-13-21(19)26)18(3)24(30)27-25(4,5)6/h7-14,17-18H,15-16H2,1-6H3,(H,27,30)/t18-/m1/s1. The second-order valence-electron chi connectivity index (χ2n) is 9.01. The molecule has 0 unspecified atom stereocenters. The summed E-state index contributed by atoms with van der Waals surface area (Å²) in [5.74, 6) is -0.256. The fraction of sp³-hybridized carbons (Fsp3) is 0.440. The second-order valence-corrected chi connectivity index (χ2v) is 9.01. The number of carbonyl (C=O) groups excluding carboxylic acids is 2. The molecule has 2 rings (SSSR count). The van der Waals surface area contributed by atoms with E-state index in [1.807, 2.05) is 58.9 Å². The largest absolute Gasteiger partial charge is 0.483 e. The molecule has 1 atom stereocenters. The van der Waals surface area contributed by atoms with E-state index in [2.05, 4.69) is 5.32 Å². The molecular weight excluding hydrogens is 395 g/mol. The molecule has 2 aromatic rings. The number of nitrogens with zero attached hydrogens (tertiary/aromatic N) is 1. The van der Waals surface area contributed by atoms with Crippen LogP contribution in [-0.4, -0.2) is 34.9 Å². The molecule has 2 amide bonds. The molecule has 5 nitrogen and oxygen atoms in total. The first-order valence-corrected chi connectivity index (χ1v) is 10.6. The van der Waals surface area contributed by atoms with E-state index in [1.54, 1.807) is 25.1 Å². The van der Waals surface area contributed by atoms with Crippen molar-refractivity contribution in [2.45, 2.75) is 65.6 Å². The maximum Gasteiger partial charge on any atom is 0.261 e. The summed E-state index contributed by atoms with van der Waals surface area (Å²) in [4.78, 5) is 27.2. The van der Waals surface area contributed by atoms with Gasteiger partial charge in [-0.05, 0) is 51.3 Å². The van der Waals surface area contributed by atoms with E-state index in [0.717, 1.165) is 5.56 Å². The van der Waals surface area contributed by atoms with Gasteiger partial charge in [0.05, 0.1) is 0 Å². The normalized spacial score (nSPS) is 12.4. The molecule has 0 fully saturated rings. The second kappa shape index (κ2) is 10.4. The third-order valence-corrected chi connectivity index (χ3v) is 4.86. The molecule has 1 N–H and O–H groups in total. The van der Waals surface area contributed by atoms with Crippen LogP contribution in [0.5, 0.6) is 5.75 Å². The molecule has 0 spiro atoms. The maximum absolute atomic E-state index is 14.3. The van der Waals surface area contributed by atoms with Gasteiger partial charge in [0.2, 0.25) is 5.91 Å². The van der Waals surface area contributed by atoms with Crippen molar-refractivity contribution in [3.63, 3.8) is 0 Å². The van der Waals surface area contributed by atoms with Crippen LogP contribution >= 0.6 is 0 Å². The van der Waals surface area contributed by atoms with Crippen LogP contribution in [0, 0.1) is 5.82 Å². The molecule has 0 aliphatic carbocycles. The number of hydrogen-bond acceptors (Lipinski definition) is 3. The van der Waals surface area contributed by atoms with Gasteiger partial charge < -0.3 is 15.0 Å². The molecule has 2 aromatic carbocycles. The average molecular weight is 429 g/mol. The van der Waals surface area contributed by atoms with Gasteiger partial charge in [0, 0.05) is 17.6 Å². The first-order valence-electron chi connectivity index (χ1n) is 10.6. The summed E-state index contributed by atoms with van der Waals surface area (Å²) in [6.45, 7) is 11.1. The SMILES string of the molecule is CC(C)c1ccccc1OCC(=O)N(Cc1ccccc1F)[C@H](C)C(=O)NC(C)(C)C. The number of carbonyl (C=O) groups is 2. The number of benzene rings is 2. The number of para-hydroxylation sites is 1. The summed E-state index contributed by atoms with van der Waals surface area (Å²) in [6.07, 6.45) is 0. The summed E-state index contributed by atoms with van der Waals surface area (Å²) in [5, 5.41) is 2.89. The predicted octanol–water partition coefficient (Wildman–Crippen LogP) is 4.66. The Balaban J connectivity index is 2.23. The lowest BCUT2D eigenvalue weighted by molar-refractivity contribution is -0.142. The molecule has 0 aromatic heterocycles. The lowest BCUT2D eigenvalue weighted by atomic mass is 10.0. The van der Waals surface area contributed by atoms with Gasteiger partial charge in [0.1, 0.15) is 17.6 Å². The highest BCUT2D eigenvalue weighted by molar-refractivity contribution is 5.88. The van der Waals surface area contributed by atoms with Gasteiger partial charge >= 0.3 is 0 Å². The summed E-state index contributed by atoms with van der Waals surface area (Å²) >= 11 is 0. The van der Waals surface area contributed by atoms with E-state index in [9.17, 15) is 14.0 Å². The molecule has 31 heavy (non-hydrogen) atoms. The number of halogens is 1. The molecule has 168 valence electrons. The van der Waals surface area contributed by atoms with Gasteiger partial charge in [0.15, 0.2) is 6.61 Å². The van der Waals surface area contributed by atoms with Crippen LogP contribution in [0.4, 0.5) is 4.39 Å². The van der Waals surface area contributed by atoms with Crippen molar-refractivity contribution in [1.29, 1.82) is 0 Å². The first-order chi connectivity index (χ1) is 14.5. The Morgan fingerprint density at radius 1 is 1.03 bits per heavy atom. The van der Waals surface area contributed by atoms with Crippen LogP contribution < -0.4 is 10.1 Å². The summed E-state index contributed by atoms with van der Waals surface area (Å²) < 4.78 is 20.1. The van der Waals surface area contributed by atoms with Gasteiger partial charge in [-0.15, -0.1) is 0 Å². The zero-order chi connectivity index (χ0) is 23.2. The molecule has 0 heterocycles. The summed E-state index contributed by atoms with van der Waals surface area (Å²) in [7, 11) is 0. The number of ether oxygens (including phenoxy) is 1. The zero-order valence-corrected chi connectivity index (χ0v) is 19.2. The van der Waals surface area contributed by atoms with Crippen molar-refractivity contribution in [2.75, 3.05) is 6.61 Å². The topological polar surface area (TPSA) is 58.6 Å². The Bertz CT molecular complexity index is 906. The zero-order valence-electron chi connectivity index (χ0n) is 19.2. The van der Waals surface area contributed by atoms with Crippen molar-refractivity contribution < 1.29 is 18.7 Å². The Kier molecular flexibility index (Phi) is 8.20. The maximum atomic E-state index is 14.3. The van der Waals surface area contributed by atoms with Crippen LogP contribution in [0.25, 0.3) is 0 Å². The smallest absolute Gasteiger partial charge is 0.261 e. The van der Waals surface area contributed by atoms with Crippen LogP contribution in [0.2, 0.25) is 0 Å².